The van der Waals surface area contributed by atoms with E-state index in [1.165, 1.54) is 0 Å². The first-order valence-corrected chi connectivity index (χ1v) is 4.45. The highest BCUT2D eigenvalue weighted by molar-refractivity contribution is 4.57. The molecule has 0 spiro atoms. The molecule has 0 aromatic rings. The van der Waals surface area contributed by atoms with Gasteiger partial charge in [-0.2, -0.15) is 13.2 Å². The van der Waals surface area contributed by atoms with Crippen LogP contribution in [0.25, 0.3) is 0 Å². The van der Waals surface area contributed by atoms with Crippen LogP contribution in [-0.4, -0.2) is 25.3 Å². The fraction of sp³-hybridized carbons (Fsp3) is 1.00. The summed E-state index contributed by atoms with van der Waals surface area (Å²) in [6.07, 6.45) is -1.60. The van der Waals surface area contributed by atoms with Crippen LogP contribution in [-0.2, 0) is 0 Å². The summed E-state index contributed by atoms with van der Waals surface area (Å²) < 4.78 is 34.8. The second-order valence-electron chi connectivity index (χ2n) is 3.27. The summed E-state index contributed by atoms with van der Waals surface area (Å²) in [6.45, 7) is 1.40. The highest BCUT2D eigenvalue weighted by Gasteiger charge is 2.25. The summed E-state index contributed by atoms with van der Waals surface area (Å²) in [4.78, 5) is 0. The van der Waals surface area contributed by atoms with Gasteiger partial charge in [0.25, 0.3) is 0 Å². The summed E-state index contributed by atoms with van der Waals surface area (Å²) in [5.41, 5.74) is 5.48. The number of rotatable bonds is 6. The molecule has 0 saturated heterocycles. The Balaban J connectivity index is 3.09. The van der Waals surface area contributed by atoms with E-state index in [0.717, 1.165) is 19.3 Å². The van der Waals surface area contributed by atoms with Crippen LogP contribution in [0.3, 0.4) is 0 Å². The van der Waals surface area contributed by atoms with Crippen molar-refractivity contribution in [3.05, 3.63) is 0 Å². The second kappa shape index (κ2) is 6.21. The van der Waals surface area contributed by atoms with E-state index in [1.54, 1.807) is 0 Å². The van der Waals surface area contributed by atoms with E-state index in [0.29, 0.717) is 6.54 Å². The van der Waals surface area contributed by atoms with Crippen molar-refractivity contribution in [2.45, 2.75) is 38.4 Å². The van der Waals surface area contributed by atoms with E-state index in [2.05, 4.69) is 5.32 Å². The molecule has 0 rings (SSSR count). The van der Waals surface area contributed by atoms with Crippen molar-refractivity contribution in [1.82, 2.24) is 5.32 Å². The number of nitrogens with one attached hydrogen (secondary N) is 1. The van der Waals surface area contributed by atoms with Crippen LogP contribution in [0.2, 0.25) is 0 Å². The van der Waals surface area contributed by atoms with Crippen molar-refractivity contribution >= 4 is 0 Å². The Morgan fingerprint density at radius 1 is 1.31 bits per heavy atom. The number of hydrogen-bond donors (Lipinski definition) is 2. The van der Waals surface area contributed by atoms with Gasteiger partial charge in [-0.15, -0.1) is 0 Å². The molecule has 0 aliphatic carbocycles. The van der Waals surface area contributed by atoms with Crippen molar-refractivity contribution in [3.63, 3.8) is 0 Å². The molecular formula is C8H17F3N2. The van der Waals surface area contributed by atoms with Gasteiger partial charge in [-0.05, 0) is 26.3 Å². The van der Waals surface area contributed by atoms with Crippen LogP contribution < -0.4 is 11.1 Å². The Labute approximate surface area is 76.7 Å². The minimum atomic E-state index is -4.10. The molecule has 0 aliphatic heterocycles. The molecule has 0 aromatic carbocycles. The maximum Gasteiger partial charge on any atom is 0.401 e. The van der Waals surface area contributed by atoms with Gasteiger partial charge in [0.2, 0.25) is 0 Å². The van der Waals surface area contributed by atoms with Crippen molar-refractivity contribution in [1.29, 1.82) is 0 Å². The minimum Gasteiger partial charge on any atom is -0.328 e. The zero-order valence-corrected chi connectivity index (χ0v) is 7.82. The monoisotopic (exact) mass is 198 g/mol. The molecule has 0 bridgehead atoms. The molecule has 80 valence electrons. The highest BCUT2D eigenvalue weighted by atomic mass is 19.4. The van der Waals surface area contributed by atoms with Crippen LogP contribution in [0.4, 0.5) is 13.2 Å². The highest BCUT2D eigenvalue weighted by Crippen LogP contribution is 2.12. The SMILES string of the molecule is CC(N)CCCCNCC(F)(F)F. The van der Waals surface area contributed by atoms with E-state index in [4.69, 9.17) is 5.73 Å². The third kappa shape index (κ3) is 11.7. The maximum absolute atomic E-state index is 11.6. The molecule has 0 heterocycles. The lowest BCUT2D eigenvalue weighted by atomic mass is 10.1. The Bertz CT molecular complexity index is 123. The molecule has 0 fully saturated rings. The number of unbranched alkanes of at least 4 members (excludes halogenated alkanes) is 1. The molecular weight excluding hydrogens is 181 g/mol. The Hall–Kier alpha value is -0.290. The van der Waals surface area contributed by atoms with E-state index >= 15 is 0 Å². The fourth-order valence-electron chi connectivity index (χ4n) is 0.946. The molecule has 13 heavy (non-hydrogen) atoms. The van der Waals surface area contributed by atoms with Gasteiger partial charge in [0.15, 0.2) is 0 Å². The number of nitrogens with two attached hydrogens (primary N) is 1. The smallest absolute Gasteiger partial charge is 0.328 e. The van der Waals surface area contributed by atoms with Gasteiger partial charge < -0.3 is 11.1 Å². The zero-order chi connectivity index (χ0) is 10.3. The molecule has 0 amide bonds. The summed E-state index contributed by atoms with van der Waals surface area (Å²) >= 11 is 0. The topological polar surface area (TPSA) is 38.0 Å². The van der Waals surface area contributed by atoms with Gasteiger partial charge in [-0.25, -0.2) is 0 Å². The van der Waals surface area contributed by atoms with Gasteiger partial charge in [-0.1, -0.05) is 6.42 Å². The summed E-state index contributed by atoms with van der Waals surface area (Å²) in [7, 11) is 0. The van der Waals surface area contributed by atoms with Crippen molar-refractivity contribution in [2.75, 3.05) is 13.1 Å². The molecule has 0 radical (unpaired) electrons. The third-order valence-corrected chi connectivity index (χ3v) is 1.59. The lowest BCUT2D eigenvalue weighted by Crippen LogP contribution is -2.29. The molecule has 0 aromatic heterocycles. The van der Waals surface area contributed by atoms with Crippen LogP contribution in [0.1, 0.15) is 26.2 Å². The number of halogens is 3. The molecule has 1 unspecified atom stereocenters. The van der Waals surface area contributed by atoms with E-state index in [1.807, 2.05) is 6.92 Å². The normalized spacial score (nSPS) is 14.5. The van der Waals surface area contributed by atoms with E-state index < -0.39 is 12.7 Å². The second-order valence-corrected chi connectivity index (χ2v) is 3.27. The van der Waals surface area contributed by atoms with E-state index in [-0.39, 0.29) is 6.04 Å². The molecule has 0 saturated carbocycles. The first-order chi connectivity index (χ1) is 5.92. The van der Waals surface area contributed by atoms with Gasteiger partial charge in [0.05, 0.1) is 6.54 Å². The van der Waals surface area contributed by atoms with E-state index in [9.17, 15) is 13.2 Å². The average molecular weight is 198 g/mol. The van der Waals surface area contributed by atoms with Crippen LogP contribution in [0.5, 0.6) is 0 Å². The minimum absolute atomic E-state index is 0.141. The van der Waals surface area contributed by atoms with Gasteiger partial charge >= 0.3 is 6.18 Å². The Morgan fingerprint density at radius 3 is 2.38 bits per heavy atom. The Morgan fingerprint density at radius 2 is 1.92 bits per heavy atom. The summed E-state index contributed by atoms with van der Waals surface area (Å²) in [6, 6.07) is 0.141. The molecule has 2 nitrogen and oxygen atoms in total. The predicted molar refractivity (Wildman–Crippen MR) is 46.4 cm³/mol. The van der Waals surface area contributed by atoms with Crippen molar-refractivity contribution in [2.24, 2.45) is 5.73 Å². The molecule has 1 atom stereocenters. The predicted octanol–water partition coefficient (Wildman–Crippen LogP) is 1.66. The maximum atomic E-state index is 11.6. The number of alkyl halides is 3. The van der Waals surface area contributed by atoms with Crippen LogP contribution in [0, 0.1) is 0 Å². The van der Waals surface area contributed by atoms with Crippen molar-refractivity contribution < 1.29 is 13.2 Å². The van der Waals surface area contributed by atoms with Crippen molar-refractivity contribution in [3.8, 4) is 0 Å². The third-order valence-electron chi connectivity index (χ3n) is 1.59. The number of hydrogen-bond acceptors (Lipinski definition) is 2. The lowest BCUT2D eigenvalue weighted by molar-refractivity contribution is -0.124. The van der Waals surface area contributed by atoms with Crippen LogP contribution >= 0.6 is 0 Å². The fourth-order valence-corrected chi connectivity index (χ4v) is 0.946. The van der Waals surface area contributed by atoms with Gasteiger partial charge in [0, 0.05) is 6.04 Å². The van der Waals surface area contributed by atoms with Gasteiger partial charge in [0.1, 0.15) is 0 Å². The standard InChI is InChI=1S/C8H17F3N2/c1-7(12)4-2-3-5-13-6-8(9,10)11/h7,13H,2-6,12H2,1H3. The first-order valence-electron chi connectivity index (χ1n) is 4.45. The molecule has 0 aliphatic rings. The largest absolute Gasteiger partial charge is 0.401 e. The Kier molecular flexibility index (Phi) is 6.07. The molecule has 3 N–H and O–H groups in total. The summed E-state index contributed by atoms with van der Waals surface area (Å²) in [5, 5.41) is 2.33. The lowest BCUT2D eigenvalue weighted by Gasteiger charge is -2.08. The van der Waals surface area contributed by atoms with Gasteiger partial charge in [-0.3, -0.25) is 0 Å². The summed E-state index contributed by atoms with van der Waals surface area (Å²) in [5.74, 6) is 0. The molecule has 5 heteroatoms. The zero-order valence-electron chi connectivity index (χ0n) is 7.82. The quantitative estimate of drug-likeness (QED) is 0.637. The first kappa shape index (κ1) is 12.7. The van der Waals surface area contributed by atoms with Crippen LogP contribution in [0.15, 0.2) is 0 Å². The average Bonchev–Trinajstić information content (AvgIpc) is 1.93.